The van der Waals surface area contributed by atoms with E-state index in [0.29, 0.717) is 24.2 Å². The molecule has 0 saturated carbocycles. The minimum Gasteiger partial charge on any atom is -0.496 e. The summed E-state index contributed by atoms with van der Waals surface area (Å²) in [5.41, 5.74) is 5.54. The summed E-state index contributed by atoms with van der Waals surface area (Å²) in [5.74, 6) is 5.57. The second kappa shape index (κ2) is 14.4. The molecule has 2 atom stereocenters. The summed E-state index contributed by atoms with van der Waals surface area (Å²) < 4.78 is 5.37. The highest BCUT2D eigenvalue weighted by Crippen LogP contribution is 2.17. The Bertz CT molecular complexity index is 1230. The lowest BCUT2D eigenvalue weighted by molar-refractivity contribution is -0.133. The van der Waals surface area contributed by atoms with Crippen molar-refractivity contribution in [3.8, 4) is 17.6 Å². The van der Waals surface area contributed by atoms with Crippen LogP contribution < -0.4 is 20.9 Å². The van der Waals surface area contributed by atoms with E-state index in [9.17, 15) is 14.7 Å². The zero-order chi connectivity index (χ0) is 25.9. The number of methoxy groups -OCH3 is 1. The lowest BCUT2D eigenvalue weighted by Gasteiger charge is -2.19. The van der Waals surface area contributed by atoms with Crippen molar-refractivity contribution in [1.29, 1.82) is 0 Å². The maximum atomic E-state index is 12.4. The van der Waals surface area contributed by atoms with Gasteiger partial charge in [-0.3, -0.25) is 14.8 Å². The summed E-state index contributed by atoms with van der Waals surface area (Å²) in [6, 6.07) is 21.1. The van der Waals surface area contributed by atoms with E-state index in [1.54, 1.807) is 31.4 Å². The molecule has 0 aromatic heterocycles. The molecule has 8 nitrogen and oxygen atoms in total. The molecular formula is C29H33N3O5. The molecule has 0 aliphatic rings. The van der Waals surface area contributed by atoms with Gasteiger partial charge in [0.2, 0.25) is 0 Å². The van der Waals surface area contributed by atoms with Crippen LogP contribution in [0.25, 0.3) is 0 Å². The van der Waals surface area contributed by atoms with Crippen molar-refractivity contribution in [3.05, 3.63) is 101 Å². The van der Waals surface area contributed by atoms with Gasteiger partial charge in [-0.05, 0) is 55.0 Å². The van der Waals surface area contributed by atoms with Gasteiger partial charge in [0.25, 0.3) is 11.8 Å². The van der Waals surface area contributed by atoms with Crippen LogP contribution in [-0.4, -0.2) is 41.4 Å². The Kier molecular flexibility index (Phi) is 11.3. The molecule has 0 fully saturated rings. The van der Waals surface area contributed by atoms with Gasteiger partial charge >= 0.3 is 0 Å². The third-order valence-corrected chi connectivity index (χ3v) is 5.45. The van der Waals surface area contributed by atoms with E-state index in [4.69, 9.17) is 9.94 Å². The Hall–Kier alpha value is -4.16. The highest BCUT2D eigenvalue weighted by Gasteiger charge is 2.25. The predicted molar refractivity (Wildman–Crippen MR) is 142 cm³/mol. The van der Waals surface area contributed by atoms with Crippen molar-refractivity contribution in [2.75, 3.05) is 7.11 Å². The largest absolute Gasteiger partial charge is 0.496 e. The topological polar surface area (TPSA) is 120 Å². The summed E-state index contributed by atoms with van der Waals surface area (Å²) >= 11 is 0. The average Bonchev–Trinajstić information content (AvgIpc) is 2.91. The van der Waals surface area contributed by atoms with Crippen LogP contribution in [0.3, 0.4) is 0 Å². The van der Waals surface area contributed by atoms with Crippen molar-refractivity contribution < 1.29 is 24.6 Å². The van der Waals surface area contributed by atoms with E-state index in [1.807, 2.05) is 48.5 Å². The number of carbonyl (C=O) groups excluding carboxylic acids is 2. The van der Waals surface area contributed by atoms with Gasteiger partial charge in [-0.15, -0.1) is 0 Å². The number of carbonyl (C=O) groups is 2. The third kappa shape index (κ3) is 8.47. The van der Waals surface area contributed by atoms with Crippen LogP contribution in [-0.2, 0) is 17.9 Å². The fraction of sp³-hybridized carbons (Fsp3) is 0.241. The molecule has 194 valence electrons. The fourth-order valence-corrected chi connectivity index (χ4v) is 3.45. The Morgan fingerprint density at radius 1 is 0.919 bits per heavy atom. The van der Waals surface area contributed by atoms with E-state index < -0.39 is 24.0 Å². The number of aliphatic hydroxyl groups is 1. The molecule has 0 bridgehead atoms. The third-order valence-electron chi connectivity index (χ3n) is 5.45. The van der Waals surface area contributed by atoms with Gasteiger partial charge in [-0.1, -0.05) is 49.6 Å². The number of rotatable bonds is 9. The van der Waals surface area contributed by atoms with E-state index in [-0.39, 0.29) is 7.43 Å². The quantitative estimate of drug-likeness (QED) is 0.174. The Balaban J connectivity index is 0.00000481. The molecule has 0 saturated heterocycles. The number of amides is 2. The maximum Gasteiger partial charge on any atom is 0.268 e. The maximum absolute atomic E-state index is 12.4. The van der Waals surface area contributed by atoms with Crippen LogP contribution in [0.2, 0.25) is 0 Å². The van der Waals surface area contributed by atoms with Gasteiger partial charge in [0.15, 0.2) is 0 Å². The first-order valence-electron chi connectivity index (χ1n) is 11.4. The fourth-order valence-electron chi connectivity index (χ4n) is 3.45. The molecule has 5 N–H and O–H groups in total. The highest BCUT2D eigenvalue weighted by atomic mass is 16.5. The second-order valence-corrected chi connectivity index (χ2v) is 8.11. The van der Waals surface area contributed by atoms with E-state index in [0.717, 1.165) is 22.4 Å². The second-order valence-electron chi connectivity index (χ2n) is 8.11. The van der Waals surface area contributed by atoms with Crippen molar-refractivity contribution >= 4 is 11.8 Å². The van der Waals surface area contributed by atoms with Gasteiger partial charge in [-0.2, -0.15) is 0 Å². The van der Waals surface area contributed by atoms with Gasteiger partial charge in [0.05, 0.1) is 13.2 Å². The summed E-state index contributed by atoms with van der Waals surface area (Å²) in [7, 11) is 1.67. The van der Waals surface area contributed by atoms with E-state index >= 15 is 0 Å². The summed E-state index contributed by atoms with van der Waals surface area (Å²) in [4.78, 5) is 23.9. The van der Waals surface area contributed by atoms with Crippen LogP contribution >= 0.6 is 0 Å². The lowest BCUT2D eigenvalue weighted by Crippen LogP contribution is -2.51. The van der Waals surface area contributed by atoms with Gasteiger partial charge in [0.1, 0.15) is 11.8 Å². The first-order chi connectivity index (χ1) is 17.4. The van der Waals surface area contributed by atoms with Crippen LogP contribution in [0, 0.1) is 11.8 Å². The number of nitrogens with one attached hydrogen (secondary N) is 3. The molecule has 0 spiro atoms. The molecule has 2 amide bonds. The minimum atomic E-state index is -1.28. The van der Waals surface area contributed by atoms with Gasteiger partial charge in [0, 0.05) is 35.3 Å². The highest BCUT2D eigenvalue weighted by molar-refractivity contribution is 5.97. The molecular weight excluding hydrogens is 470 g/mol. The Morgan fingerprint density at radius 3 is 2.08 bits per heavy atom. The van der Waals surface area contributed by atoms with E-state index in [2.05, 4.69) is 22.5 Å². The molecule has 0 aliphatic carbocycles. The smallest absolute Gasteiger partial charge is 0.268 e. The normalized spacial score (nSPS) is 11.7. The minimum absolute atomic E-state index is 0. The number of benzene rings is 3. The molecule has 3 rings (SSSR count). The Labute approximate surface area is 217 Å². The van der Waals surface area contributed by atoms with Crippen molar-refractivity contribution in [1.82, 2.24) is 16.1 Å². The van der Waals surface area contributed by atoms with Crippen molar-refractivity contribution in [2.45, 2.75) is 39.6 Å². The molecule has 0 radical (unpaired) electrons. The lowest BCUT2D eigenvalue weighted by atomic mass is 10.1. The molecule has 0 aliphatic heterocycles. The van der Waals surface area contributed by atoms with Gasteiger partial charge < -0.3 is 20.5 Å². The zero-order valence-electron chi connectivity index (χ0n) is 20.1. The van der Waals surface area contributed by atoms with Gasteiger partial charge in [-0.25, -0.2) is 5.48 Å². The van der Waals surface area contributed by atoms with Crippen molar-refractivity contribution in [2.24, 2.45) is 0 Å². The first kappa shape index (κ1) is 29.1. The summed E-state index contributed by atoms with van der Waals surface area (Å²) in [5, 5.41) is 24.2. The molecule has 8 heteroatoms. The number of ether oxygens (including phenoxy) is 1. The number of para-hydroxylation sites is 1. The molecule has 0 unspecified atom stereocenters. The van der Waals surface area contributed by atoms with Crippen LogP contribution in [0.15, 0.2) is 72.8 Å². The molecule has 0 heterocycles. The predicted octanol–water partition coefficient (Wildman–Crippen LogP) is 3.01. The van der Waals surface area contributed by atoms with E-state index in [1.165, 1.54) is 12.4 Å². The number of hydroxylamine groups is 1. The zero-order valence-corrected chi connectivity index (χ0v) is 20.1. The van der Waals surface area contributed by atoms with Crippen LogP contribution in [0.4, 0.5) is 0 Å². The first-order valence-corrected chi connectivity index (χ1v) is 11.4. The standard InChI is InChI=1S/C28H29N3O5.CH4/c1-19(32)26(28(34)31-35)30-27(33)23-15-13-21(14-16-23)8-7-20-9-11-22(12-10-20)17-29-18-24-5-3-4-6-25(24)36-2;/h3-6,9-16,19,26,29,32,35H,17-18H2,1-2H3,(H,30,33)(H,31,34);1H4/t19-,26+;/m1./s1. The van der Waals surface area contributed by atoms with Crippen LogP contribution in [0.1, 0.15) is 47.0 Å². The SMILES string of the molecule is C.COc1ccccc1CNCc1ccc(C#Cc2ccc(C(=O)N[C@H](C(=O)NO)[C@@H](C)O)cc2)cc1. The van der Waals surface area contributed by atoms with Crippen LogP contribution in [0.5, 0.6) is 5.75 Å². The monoisotopic (exact) mass is 503 g/mol. The Morgan fingerprint density at radius 2 is 1.51 bits per heavy atom. The molecule has 3 aromatic carbocycles. The average molecular weight is 504 g/mol. The molecule has 37 heavy (non-hydrogen) atoms. The summed E-state index contributed by atoms with van der Waals surface area (Å²) in [6.07, 6.45) is -1.18. The number of aliphatic hydroxyl groups excluding tert-OH is 1. The number of hydrogen-bond acceptors (Lipinski definition) is 6. The summed E-state index contributed by atoms with van der Waals surface area (Å²) in [6.45, 7) is 2.75. The van der Waals surface area contributed by atoms with Crippen molar-refractivity contribution in [3.63, 3.8) is 0 Å². The number of hydrogen-bond donors (Lipinski definition) is 5. The molecule has 3 aromatic rings.